The fraction of sp³-hybridized carbons (Fsp3) is 0.364. The second kappa shape index (κ2) is 4.98. The molecule has 0 fully saturated rings. The van der Waals surface area contributed by atoms with E-state index in [4.69, 9.17) is 26.8 Å². The molecule has 92 valence electrons. The van der Waals surface area contributed by atoms with Crippen LogP contribution in [0.1, 0.15) is 13.8 Å². The van der Waals surface area contributed by atoms with Gasteiger partial charge in [0, 0.05) is 6.07 Å². The molecular weight excluding hydrogens is 260 g/mol. The van der Waals surface area contributed by atoms with E-state index in [-0.39, 0.29) is 0 Å². The largest absolute Gasteiger partial charge is 0.492 e. The van der Waals surface area contributed by atoms with Gasteiger partial charge < -0.3 is 15.2 Å². The van der Waals surface area contributed by atoms with Crippen LogP contribution in [0.5, 0.6) is 11.5 Å². The van der Waals surface area contributed by atoms with Gasteiger partial charge in [-0.15, -0.1) is 0 Å². The molecule has 2 N–H and O–H groups in total. The Balaban J connectivity index is 2.65. The van der Waals surface area contributed by atoms with Crippen LogP contribution in [0.2, 0.25) is 5.02 Å². The fourth-order valence-electron chi connectivity index (χ4n) is 1.54. The van der Waals surface area contributed by atoms with E-state index < -0.39 is 0 Å². The zero-order valence-electron chi connectivity index (χ0n) is 9.62. The number of hydrogen-bond acceptors (Lipinski definition) is 5. The molecule has 4 nitrogen and oxygen atoms in total. The summed E-state index contributed by atoms with van der Waals surface area (Å²) in [6, 6.07) is 1.76. The van der Waals surface area contributed by atoms with E-state index >= 15 is 0 Å². The van der Waals surface area contributed by atoms with Crippen molar-refractivity contribution in [1.82, 2.24) is 4.98 Å². The van der Waals surface area contributed by atoms with Crippen LogP contribution >= 0.6 is 22.9 Å². The van der Waals surface area contributed by atoms with Crippen LogP contribution in [-0.4, -0.2) is 18.2 Å². The van der Waals surface area contributed by atoms with E-state index in [1.807, 2.05) is 13.8 Å². The number of fused-ring (bicyclic) bond motifs is 1. The minimum atomic E-state index is 0.469. The zero-order valence-corrected chi connectivity index (χ0v) is 11.2. The summed E-state index contributed by atoms with van der Waals surface area (Å²) in [6.45, 7) is 4.92. The second-order valence-corrected chi connectivity index (χ2v) is 4.69. The van der Waals surface area contributed by atoms with E-state index in [1.54, 1.807) is 6.07 Å². The number of nitrogens with zero attached hydrogens (tertiary/aromatic N) is 1. The van der Waals surface area contributed by atoms with Gasteiger partial charge in [0.15, 0.2) is 5.13 Å². The average molecular weight is 273 g/mol. The number of rotatable bonds is 4. The summed E-state index contributed by atoms with van der Waals surface area (Å²) in [7, 11) is 0. The molecule has 0 radical (unpaired) electrons. The SMILES string of the molecule is CCOc1cc(OCC)c2nc(N)sc2c1Cl. The third kappa shape index (κ3) is 2.25. The lowest BCUT2D eigenvalue weighted by atomic mass is 10.3. The normalized spacial score (nSPS) is 10.8. The van der Waals surface area contributed by atoms with Crippen LogP contribution < -0.4 is 15.2 Å². The molecule has 0 saturated carbocycles. The molecule has 2 aromatic rings. The van der Waals surface area contributed by atoms with Crippen molar-refractivity contribution < 1.29 is 9.47 Å². The third-order valence-electron chi connectivity index (χ3n) is 2.15. The molecule has 0 spiro atoms. The van der Waals surface area contributed by atoms with Crippen LogP contribution in [0.15, 0.2) is 6.07 Å². The first-order valence-corrected chi connectivity index (χ1v) is 6.50. The smallest absolute Gasteiger partial charge is 0.181 e. The van der Waals surface area contributed by atoms with Crippen LogP contribution in [0.25, 0.3) is 10.2 Å². The lowest BCUT2D eigenvalue weighted by Gasteiger charge is -2.10. The molecule has 0 aliphatic carbocycles. The van der Waals surface area contributed by atoms with Crippen LogP contribution in [0.3, 0.4) is 0 Å². The molecule has 6 heteroatoms. The van der Waals surface area contributed by atoms with Crippen molar-refractivity contribution >= 4 is 38.3 Å². The lowest BCUT2D eigenvalue weighted by molar-refractivity contribution is 0.326. The lowest BCUT2D eigenvalue weighted by Crippen LogP contribution is -1.96. The molecule has 0 atom stereocenters. The molecule has 0 saturated heterocycles. The van der Waals surface area contributed by atoms with Crippen molar-refractivity contribution in [2.24, 2.45) is 0 Å². The topological polar surface area (TPSA) is 57.4 Å². The van der Waals surface area contributed by atoms with Crippen molar-refractivity contribution in [3.05, 3.63) is 11.1 Å². The molecule has 0 bridgehead atoms. The number of ether oxygens (including phenoxy) is 2. The van der Waals surface area contributed by atoms with Crippen molar-refractivity contribution in [2.75, 3.05) is 18.9 Å². The van der Waals surface area contributed by atoms with Gasteiger partial charge in [-0.1, -0.05) is 22.9 Å². The standard InChI is InChI=1S/C11H13ClN2O2S/c1-3-15-6-5-7(16-4-2)9-10(8(6)12)17-11(13)14-9/h5H,3-4H2,1-2H3,(H2,13,14). The summed E-state index contributed by atoms with van der Waals surface area (Å²) in [5.41, 5.74) is 6.40. The Hall–Kier alpha value is -1.20. The highest BCUT2D eigenvalue weighted by atomic mass is 35.5. The number of thiazole rings is 1. The first kappa shape index (κ1) is 12.3. The maximum absolute atomic E-state index is 6.24. The maximum atomic E-state index is 6.24. The molecular formula is C11H13ClN2O2S. The van der Waals surface area contributed by atoms with Gasteiger partial charge >= 0.3 is 0 Å². The first-order valence-electron chi connectivity index (χ1n) is 5.31. The van der Waals surface area contributed by atoms with Gasteiger partial charge in [-0.25, -0.2) is 4.98 Å². The Labute approximate surface area is 108 Å². The van der Waals surface area contributed by atoms with Crippen molar-refractivity contribution in [3.8, 4) is 11.5 Å². The number of aromatic nitrogens is 1. The van der Waals surface area contributed by atoms with E-state index in [1.165, 1.54) is 11.3 Å². The number of benzene rings is 1. The summed E-state index contributed by atoms with van der Waals surface area (Å²) in [4.78, 5) is 4.23. The van der Waals surface area contributed by atoms with Crippen molar-refractivity contribution in [2.45, 2.75) is 13.8 Å². The molecule has 0 amide bonds. The van der Waals surface area contributed by atoms with Crippen LogP contribution in [-0.2, 0) is 0 Å². The number of anilines is 1. The number of nitrogens with two attached hydrogens (primary N) is 1. The Morgan fingerprint density at radius 1 is 1.29 bits per heavy atom. The fourth-order valence-corrected chi connectivity index (χ4v) is 2.63. The molecule has 0 aliphatic rings. The molecule has 17 heavy (non-hydrogen) atoms. The second-order valence-electron chi connectivity index (χ2n) is 3.28. The summed E-state index contributed by atoms with van der Waals surface area (Å²) in [6.07, 6.45) is 0. The van der Waals surface area contributed by atoms with Gasteiger partial charge in [0.25, 0.3) is 0 Å². The van der Waals surface area contributed by atoms with Gasteiger partial charge in [0.1, 0.15) is 22.0 Å². The van der Waals surface area contributed by atoms with E-state index in [0.717, 1.165) is 4.70 Å². The Morgan fingerprint density at radius 2 is 1.94 bits per heavy atom. The molecule has 1 aromatic heterocycles. The molecule has 0 unspecified atom stereocenters. The first-order chi connectivity index (χ1) is 8.17. The van der Waals surface area contributed by atoms with E-state index in [0.29, 0.717) is 40.4 Å². The Kier molecular flexibility index (Phi) is 3.59. The zero-order chi connectivity index (χ0) is 12.4. The van der Waals surface area contributed by atoms with Crippen molar-refractivity contribution in [3.63, 3.8) is 0 Å². The van der Waals surface area contributed by atoms with Gasteiger partial charge in [-0.05, 0) is 13.8 Å². The molecule has 2 rings (SSSR count). The average Bonchev–Trinajstić information content (AvgIpc) is 2.68. The third-order valence-corrected chi connectivity index (χ3v) is 3.54. The van der Waals surface area contributed by atoms with Crippen LogP contribution in [0.4, 0.5) is 5.13 Å². The summed E-state index contributed by atoms with van der Waals surface area (Å²) in [5, 5.41) is 1.01. The minimum absolute atomic E-state index is 0.469. The highest BCUT2D eigenvalue weighted by molar-refractivity contribution is 7.22. The van der Waals surface area contributed by atoms with E-state index in [9.17, 15) is 0 Å². The summed E-state index contributed by atoms with van der Waals surface area (Å²) >= 11 is 7.57. The van der Waals surface area contributed by atoms with Crippen molar-refractivity contribution in [1.29, 1.82) is 0 Å². The molecule has 1 heterocycles. The van der Waals surface area contributed by atoms with Gasteiger partial charge in [-0.3, -0.25) is 0 Å². The predicted molar refractivity (Wildman–Crippen MR) is 71.4 cm³/mol. The highest BCUT2D eigenvalue weighted by Gasteiger charge is 2.16. The van der Waals surface area contributed by atoms with Gasteiger partial charge in [0.05, 0.1) is 17.9 Å². The minimum Gasteiger partial charge on any atom is -0.492 e. The number of halogens is 1. The molecule has 0 aliphatic heterocycles. The quantitative estimate of drug-likeness (QED) is 0.927. The monoisotopic (exact) mass is 272 g/mol. The number of nitrogen functional groups attached to an aromatic ring is 1. The van der Waals surface area contributed by atoms with E-state index in [2.05, 4.69) is 4.98 Å². The van der Waals surface area contributed by atoms with Crippen LogP contribution in [0, 0.1) is 0 Å². The van der Waals surface area contributed by atoms with Gasteiger partial charge in [-0.2, -0.15) is 0 Å². The Morgan fingerprint density at radius 3 is 2.59 bits per heavy atom. The number of hydrogen-bond donors (Lipinski definition) is 1. The maximum Gasteiger partial charge on any atom is 0.181 e. The molecule has 1 aromatic carbocycles. The highest BCUT2D eigenvalue weighted by Crippen LogP contribution is 2.42. The summed E-state index contributed by atoms with van der Waals surface area (Å²) in [5.74, 6) is 1.26. The predicted octanol–water partition coefficient (Wildman–Crippen LogP) is 3.33. The summed E-state index contributed by atoms with van der Waals surface area (Å²) < 4.78 is 11.8. The Bertz CT molecular complexity index is 542. The van der Waals surface area contributed by atoms with Gasteiger partial charge in [0.2, 0.25) is 0 Å².